The summed E-state index contributed by atoms with van der Waals surface area (Å²) in [5.41, 5.74) is 2.17. The zero-order chi connectivity index (χ0) is 15.5. The molecule has 0 aromatic heterocycles. The van der Waals surface area contributed by atoms with Gasteiger partial charge in [0.2, 0.25) is 0 Å². The number of fused-ring (bicyclic) bond motifs is 1. The fraction of sp³-hybridized carbons (Fsp3) is 0.200. The first-order chi connectivity index (χ1) is 10.7. The van der Waals surface area contributed by atoms with Crippen molar-refractivity contribution in [3.8, 4) is 5.75 Å². The van der Waals surface area contributed by atoms with E-state index in [1.807, 2.05) is 36.4 Å². The van der Waals surface area contributed by atoms with Crippen molar-refractivity contribution in [1.29, 1.82) is 0 Å². The molecule has 22 heavy (non-hydrogen) atoms. The standard InChI is InChI=1S/C20H21NO/c1-3-21(2)20(16-10-5-4-6-11-16)19-17-12-8-7-9-15(17)13-14-18(19)22/h4-14,20,22H,3H2,1-2H3/t20-/m0/s1. The number of phenols is 1. The fourth-order valence-electron chi connectivity index (χ4n) is 3.03. The van der Waals surface area contributed by atoms with Gasteiger partial charge in [-0.1, -0.05) is 67.6 Å². The summed E-state index contributed by atoms with van der Waals surface area (Å²) < 4.78 is 0. The highest BCUT2D eigenvalue weighted by molar-refractivity contribution is 5.88. The molecule has 0 spiro atoms. The Kier molecular flexibility index (Phi) is 4.12. The van der Waals surface area contributed by atoms with Crippen LogP contribution in [0.4, 0.5) is 0 Å². The van der Waals surface area contributed by atoms with Gasteiger partial charge < -0.3 is 5.11 Å². The number of nitrogens with zero attached hydrogens (tertiary/aromatic N) is 1. The Bertz CT molecular complexity index is 767. The summed E-state index contributed by atoms with van der Waals surface area (Å²) in [5.74, 6) is 0.354. The molecule has 112 valence electrons. The van der Waals surface area contributed by atoms with Crippen molar-refractivity contribution < 1.29 is 5.11 Å². The van der Waals surface area contributed by atoms with Gasteiger partial charge in [0.15, 0.2) is 0 Å². The summed E-state index contributed by atoms with van der Waals surface area (Å²) in [6, 6.07) is 22.4. The van der Waals surface area contributed by atoms with Crippen LogP contribution in [0.1, 0.15) is 24.1 Å². The molecular weight excluding hydrogens is 270 g/mol. The summed E-state index contributed by atoms with van der Waals surface area (Å²) in [6.45, 7) is 3.04. The van der Waals surface area contributed by atoms with Gasteiger partial charge in [-0.25, -0.2) is 0 Å². The average molecular weight is 291 g/mol. The van der Waals surface area contributed by atoms with Crippen LogP contribution in [0, 0.1) is 0 Å². The third-order valence-electron chi connectivity index (χ3n) is 4.28. The van der Waals surface area contributed by atoms with E-state index < -0.39 is 0 Å². The van der Waals surface area contributed by atoms with Gasteiger partial charge in [0.1, 0.15) is 5.75 Å². The third-order valence-corrected chi connectivity index (χ3v) is 4.28. The van der Waals surface area contributed by atoms with E-state index in [-0.39, 0.29) is 6.04 Å². The minimum atomic E-state index is 0.0392. The normalized spacial score (nSPS) is 12.7. The minimum absolute atomic E-state index is 0.0392. The second-order valence-corrected chi connectivity index (χ2v) is 5.61. The van der Waals surface area contributed by atoms with Crippen LogP contribution in [0.3, 0.4) is 0 Å². The van der Waals surface area contributed by atoms with Crippen LogP contribution < -0.4 is 0 Å². The van der Waals surface area contributed by atoms with Crippen LogP contribution in [-0.4, -0.2) is 23.6 Å². The van der Waals surface area contributed by atoms with Gasteiger partial charge in [0.25, 0.3) is 0 Å². The molecule has 3 aromatic carbocycles. The Morgan fingerprint density at radius 3 is 2.32 bits per heavy atom. The zero-order valence-electron chi connectivity index (χ0n) is 13.0. The molecule has 0 saturated heterocycles. The largest absolute Gasteiger partial charge is 0.508 e. The molecule has 0 unspecified atom stereocenters. The molecule has 2 nitrogen and oxygen atoms in total. The second-order valence-electron chi connectivity index (χ2n) is 5.61. The van der Waals surface area contributed by atoms with Gasteiger partial charge in [0.05, 0.1) is 6.04 Å². The molecule has 3 rings (SSSR count). The lowest BCUT2D eigenvalue weighted by Crippen LogP contribution is -2.25. The molecule has 1 N–H and O–H groups in total. The van der Waals surface area contributed by atoms with Crippen molar-refractivity contribution >= 4 is 10.8 Å². The SMILES string of the molecule is CCN(C)[C@@H](c1ccccc1)c1c(O)ccc2ccccc12. The lowest BCUT2D eigenvalue weighted by Gasteiger charge is -2.29. The molecule has 0 bridgehead atoms. The van der Waals surface area contributed by atoms with E-state index in [2.05, 4.69) is 43.1 Å². The Balaban J connectivity index is 2.27. The summed E-state index contributed by atoms with van der Waals surface area (Å²) in [7, 11) is 2.10. The molecule has 2 heteroatoms. The molecule has 1 atom stereocenters. The third kappa shape index (κ3) is 2.58. The maximum absolute atomic E-state index is 10.6. The summed E-state index contributed by atoms with van der Waals surface area (Å²) in [6.07, 6.45) is 0. The van der Waals surface area contributed by atoms with Crippen molar-refractivity contribution in [2.75, 3.05) is 13.6 Å². The number of aromatic hydroxyl groups is 1. The van der Waals surface area contributed by atoms with Crippen LogP contribution in [0.5, 0.6) is 5.75 Å². The monoisotopic (exact) mass is 291 g/mol. The molecule has 0 amide bonds. The van der Waals surface area contributed by atoms with E-state index in [0.717, 1.165) is 22.9 Å². The molecule has 0 aliphatic carbocycles. The molecule has 0 aliphatic rings. The topological polar surface area (TPSA) is 23.5 Å². The van der Waals surface area contributed by atoms with Gasteiger partial charge in [-0.3, -0.25) is 4.90 Å². The Morgan fingerprint density at radius 2 is 1.59 bits per heavy atom. The fourth-order valence-corrected chi connectivity index (χ4v) is 3.03. The van der Waals surface area contributed by atoms with Gasteiger partial charge in [0, 0.05) is 5.56 Å². The zero-order valence-corrected chi connectivity index (χ0v) is 13.0. The van der Waals surface area contributed by atoms with E-state index in [0.29, 0.717) is 5.75 Å². The molecule has 0 radical (unpaired) electrons. The maximum atomic E-state index is 10.6. The first kappa shape index (κ1) is 14.6. The van der Waals surface area contributed by atoms with E-state index in [9.17, 15) is 5.11 Å². The van der Waals surface area contributed by atoms with Gasteiger partial charge in [-0.15, -0.1) is 0 Å². The van der Waals surface area contributed by atoms with E-state index in [1.54, 1.807) is 6.07 Å². The van der Waals surface area contributed by atoms with Crippen LogP contribution in [-0.2, 0) is 0 Å². The van der Waals surface area contributed by atoms with Crippen molar-refractivity contribution in [2.24, 2.45) is 0 Å². The molecule has 0 aliphatic heterocycles. The van der Waals surface area contributed by atoms with E-state index >= 15 is 0 Å². The number of phenolic OH excluding ortho intramolecular Hbond substituents is 1. The van der Waals surface area contributed by atoms with Crippen LogP contribution >= 0.6 is 0 Å². The number of rotatable bonds is 4. The maximum Gasteiger partial charge on any atom is 0.121 e. The van der Waals surface area contributed by atoms with Crippen LogP contribution in [0.15, 0.2) is 66.7 Å². The number of benzene rings is 3. The quantitative estimate of drug-likeness (QED) is 0.760. The molecule has 3 aromatic rings. The lowest BCUT2D eigenvalue weighted by atomic mass is 9.92. The Labute approximate surface area is 131 Å². The predicted molar refractivity (Wildman–Crippen MR) is 92.2 cm³/mol. The summed E-state index contributed by atoms with van der Waals surface area (Å²) >= 11 is 0. The number of hydrogen-bond donors (Lipinski definition) is 1. The van der Waals surface area contributed by atoms with Crippen molar-refractivity contribution in [3.63, 3.8) is 0 Å². The minimum Gasteiger partial charge on any atom is -0.508 e. The molecule has 0 fully saturated rings. The lowest BCUT2D eigenvalue weighted by molar-refractivity contribution is 0.289. The highest BCUT2D eigenvalue weighted by atomic mass is 16.3. The molecule has 0 saturated carbocycles. The highest BCUT2D eigenvalue weighted by Gasteiger charge is 2.23. The number of hydrogen-bond acceptors (Lipinski definition) is 2. The predicted octanol–water partition coefficient (Wildman–Crippen LogP) is 4.59. The smallest absolute Gasteiger partial charge is 0.121 e. The first-order valence-corrected chi connectivity index (χ1v) is 7.68. The summed E-state index contributed by atoms with van der Waals surface area (Å²) in [4.78, 5) is 2.26. The van der Waals surface area contributed by atoms with Gasteiger partial charge in [-0.05, 0) is 36.0 Å². The Morgan fingerprint density at radius 1 is 0.909 bits per heavy atom. The van der Waals surface area contributed by atoms with Gasteiger partial charge >= 0.3 is 0 Å². The van der Waals surface area contributed by atoms with E-state index in [1.165, 1.54) is 5.56 Å². The van der Waals surface area contributed by atoms with Crippen molar-refractivity contribution in [2.45, 2.75) is 13.0 Å². The van der Waals surface area contributed by atoms with Gasteiger partial charge in [-0.2, -0.15) is 0 Å². The van der Waals surface area contributed by atoms with Crippen molar-refractivity contribution in [1.82, 2.24) is 4.90 Å². The van der Waals surface area contributed by atoms with Crippen molar-refractivity contribution in [3.05, 3.63) is 77.9 Å². The molecular formula is C20H21NO. The van der Waals surface area contributed by atoms with E-state index in [4.69, 9.17) is 0 Å². The molecule has 0 heterocycles. The summed E-state index contributed by atoms with van der Waals surface area (Å²) in [5, 5.41) is 12.8. The van der Waals surface area contributed by atoms with Crippen LogP contribution in [0.2, 0.25) is 0 Å². The highest BCUT2D eigenvalue weighted by Crippen LogP contribution is 2.38. The average Bonchev–Trinajstić information content (AvgIpc) is 2.58. The first-order valence-electron chi connectivity index (χ1n) is 7.68. The van der Waals surface area contributed by atoms with Crippen LogP contribution in [0.25, 0.3) is 10.8 Å². The second kappa shape index (κ2) is 6.20. The Hall–Kier alpha value is -2.32.